The number of carbonyl (C=O) groups is 1. The summed E-state index contributed by atoms with van der Waals surface area (Å²) < 4.78 is 7.04. The predicted octanol–water partition coefficient (Wildman–Crippen LogP) is 6.80. The Labute approximate surface area is 197 Å². The number of nitriles is 1. The first-order valence-corrected chi connectivity index (χ1v) is 11.4. The molecule has 0 aliphatic heterocycles. The van der Waals surface area contributed by atoms with Gasteiger partial charge in [-0.25, -0.2) is 4.98 Å². The average Bonchev–Trinajstić information content (AvgIpc) is 2.71. The van der Waals surface area contributed by atoms with Crippen LogP contribution in [-0.4, -0.2) is 16.9 Å². The van der Waals surface area contributed by atoms with Crippen LogP contribution in [0.4, 0.5) is 0 Å². The highest BCUT2D eigenvalue weighted by atomic mass is 79.9. The number of carbonyl (C=O) groups excluding carboxylic acids is 1. The molecule has 31 heavy (non-hydrogen) atoms. The molecule has 1 aromatic heterocycles. The first-order valence-electron chi connectivity index (χ1n) is 10.3. The van der Waals surface area contributed by atoms with Crippen LogP contribution < -0.4 is 4.74 Å². The number of allylic oxidation sites excluding steroid dienone is 2. The molecule has 0 unspecified atom stereocenters. The fraction of sp³-hybridized carbons (Fsp3) is 0.400. The zero-order valence-corrected chi connectivity index (χ0v) is 20.7. The summed E-state index contributed by atoms with van der Waals surface area (Å²) in [5.41, 5.74) is 1.47. The van der Waals surface area contributed by atoms with Gasteiger partial charge >= 0.3 is 0 Å². The smallest absolute Gasteiger partial charge is 0.187 e. The topological polar surface area (TPSA) is 63.0 Å². The lowest BCUT2D eigenvalue weighted by atomic mass is 9.45. The van der Waals surface area contributed by atoms with Crippen LogP contribution in [0.1, 0.15) is 56.2 Å². The van der Waals surface area contributed by atoms with Gasteiger partial charge in [0.15, 0.2) is 5.78 Å². The number of pyridine rings is 1. The highest BCUT2D eigenvalue weighted by Gasteiger charge is 2.62. The van der Waals surface area contributed by atoms with Gasteiger partial charge in [0, 0.05) is 22.5 Å². The Kier molecular flexibility index (Phi) is 6.64. The number of aromatic nitrogens is 1. The first-order chi connectivity index (χ1) is 14.5. The molecular weight excluding hydrogens is 476 g/mol. The molecular formula is C25H26BrClN2O2. The quantitative estimate of drug-likeness (QED) is 0.248. The molecule has 6 heteroatoms. The second-order valence-corrected chi connectivity index (χ2v) is 10.3. The molecule has 0 bridgehead atoms. The lowest BCUT2D eigenvalue weighted by molar-refractivity contribution is -0.177. The number of nitrogens with zero attached hydrogens (tertiary/aromatic N) is 2. The lowest BCUT2D eigenvalue weighted by Crippen LogP contribution is -2.65. The SMILES string of the molecule is CCc1nc(Br)ccc1C(=O)/C=C/[C@H]1C(C)(C)[C@H](Oc2ccc(C#N)c(Cl)c2)C1(C)C. The summed E-state index contributed by atoms with van der Waals surface area (Å²) in [6.07, 6.45) is 4.30. The third kappa shape index (κ3) is 4.42. The number of rotatable bonds is 6. The molecule has 0 atom stereocenters. The van der Waals surface area contributed by atoms with Crippen LogP contribution in [0.3, 0.4) is 0 Å². The van der Waals surface area contributed by atoms with Crippen LogP contribution in [-0.2, 0) is 6.42 Å². The van der Waals surface area contributed by atoms with Gasteiger partial charge < -0.3 is 4.74 Å². The average molecular weight is 502 g/mol. The molecule has 1 aliphatic rings. The Balaban J connectivity index is 1.79. The molecule has 1 saturated carbocycles. The van der Waals surface area contributed by atoms with Gasteiger partial charge in [-0.1, -0.05) is 52.3 Å². The predicted molar refractivity (Wildman–Crippen MR) is 126 cm³/mol. The highest BCUT2D eigenvalue weighted by molar-refractivity contribution is 9.10. The third-order valence-electron chi connectivity index (χ3n) is 6.25. The van der Waals surface area contributed by atoms with E-state index in [0.717, 1.165) is 10.3 Å². The zero-order valence-electron chi connectivity index (χ0n) is 18.4. The number of ketones is 1. The second-order valence-electron chi connectivity index (χ2n) is 9.08. The first kappa shape index (κ1) is 23.5. The number of benzene rings is 1. The van der Waals surface area contributed by atoms with Crippen molar-refractivity contribution in [3.05, 3.63) is 68.9 Å². The minimum Gasteiger partial charge on any atom is -0.489 e. The molecule has 4 nitrogen and oxygen atoms in total. The van der Waals surface area contributed by atoms with Crippen molar-refractivity contribution in [2.45, 2.75) is 47.1 Å². The van der Waals surface area contributed by atoms with Crippen LogP contribution in [0.5, 0.6) is 5.75 Å². The summed E-state index contributed by atoms with van der Waals surface area (Å²) in [4.78, 5) is 17.3. The number of ether oxygens (including phenoxy) is 1. The molecule has 1 heterocycles. The van der Waals surface area contributed by atoms with Crippen molar-refractivity contribution in [3.63, 3.8) is 0 Å². The van der Waals surface area contributed by atoms with Crippen molar-refractivity contribution in [2.24, 2.45) is 16.7 Å². The minimum atomic E-state index is -0.188. The maximum atomic E-state index is 12.9. The Hall–Kier alpha value is -2.16. The molecule has 2 aromatic rings. The maximum Gasteiger partial charge on any atom is 0.187 e. The Morgan fingerprint density at radius 3 is 2.52 bits per heavy atom. The van der Waals surface area contributed by atoms with E-state index in [2.05, 4.69) is 54.7 Å². The van der Waals surface area contributed by atoms with E-state index in [1.165, 1.54) is 0 Å². The van der Waals surface area contributed by atoms with Crippen molar-refractivity contribution in [1.82, 2.24) is 4.98 Å². The molecule has 1 aromatic carbocycles. The Bertz CT molecular complexity index is 1070. The van der Waals surface area contributed by atoms with E-state index in [4.69, 9.17) is 21.6 Å². The summed E-state index contributed by atoms with van der Waals surface area (Å²) in [5, 5.41) is 9.45. The molecule has 0 radical (unpaired) electrons. The number of halogens is 2. The molecule has 0 spiro atoms. The molecule has 0 amide bonds. The summed E-state index contributed by atoms with van der Waals surface area (Å²) in [6.45, 7) is 10.6. The Morgan fingerprint density at radius 2 is 1.94 bits per heavy atom. The van der Waals surface area contributed by atoms with Gasteiger partial charge in [-0.3, -0.25) is 4.79 Å². The number of aryl methyl sites for hydroxylation is 1. The van der Waals surface area contributed by atoms with Gasteiger partial charge in [-0.15, -0.1) is 0 Å². The summed E-state index contributed by atoms with van der Waals surface area (Å²) in [5.74, 6) is 0.755. The summed E-state index contributed by atoms with van der Waals surface area (Å²) in [6, 6.07) is 10.8. The van der Waals surface area contributed by atoms with E-state index < -0.39 is 0 Å². The van der Waals surface area contributed by atoms with Crippen molar-refractivity contribution in [1.29, 1.82) is 5.26 Å². The minimum absolute atomic E-state index is 0.0355. The molecule has 0 N–H and O–H groups in total. The van der Waals surface area contributed by atoms with Crippen LogP contribution >= 0.6 is 27.5 Å². The van der Waals surface area contributed by atoms with E-state index in [1.54, 1.807) is 30.3 Å². The van der Waals surface area contributed by atoms with Gasteiger partial charge in [0.05, 0.1) is 16.3 Å². The van der Waals surface area contributed by atoms with E-state index in [9.17, 15) is 4.79 Å². The van der Waals surface area contributed by atoms with E-state index in [0.29, 0.717) is 28.3 Å². The normalized spacial score (nSPS) is 21.4. The molecule has 1 aliphatic carbocycles. The number of hydrogen-bond acceptors (Lipinski definition) is 4. The van der Waals surface area contributed by atoms with Gasteiger partial charge in [0.25, 0.3) is 0 Å². The maximum absolute atomic E-state index is 12.9. The van der Waals surface area contributed by atoms with E-state index in [1.807, 2.05) is 19.1 Å². The monoisotopic (exact) mass is 500 g/mol. The highest BCUT2D eigenvalue weighted by Crippen LogP contribution is 2.60. The molecule has 1 fully saturated rings. The lowest BCUT2D eigenvalue weighted by Gasteiger charge is -2.62. The van der Waals surface area contributed by atoms with E-state index >= 15 is 0 Å². The van der Waals surface area contributed by atoms with Crippen LogP contribution in [0.2, 0.25) is 5.02 Å². The second kappa shape index (κ2) is 8.76. The van der Waals surface area contributed by atoms with Crippen molar-refractivity contribution < 1.29 is 9.53 Å². The van der Waals surface area contributed by atoms with Crippen LogP contribution in [0, 0.1) is 28.1 Å². The Morgan fingerprint density at radius 1 is 1.26 bits per heavy atom. The van der Waals surface area contributed by atoms with E-state index in [-0.39, 0.29) is 28.6 Å². The standard InChI is InChI=1S/C25H26BrClN2O2/c1-6-19-17(9-12-22(26)29-19)20(30)10-11-21-24(2,3)23(25(21,4)5)31-16-8-7-15(14-28)18(27)13-16/h7-13,21,23H,6H2,1-5H3/b11-10+/t21-,23-. The third-order valence-corrected chi connectivity index (χ3v) is 7.00. The van der Waals surface area contributed by atoms with Gasteiger partial charge in [-0.2, -0.15) is 5.26 Å². The van der Waals surface area contributed by atoms with Crippen LogP contribution in [0.15, 0.2) is 47.1 Å². The molecule has 0 saturated heterocycles. The number of hydrogen-bond donors (Lipinski definition) is 0. The largest absolute Gasteiger partial charge is 0.489 e. The van der Waals surface area contributed by atoms with Crippen LogP contribution in [0.25, 0.3) is 0 Å². The molecule has 162 valence electrons. The fourth-order valence-corrected chi connectivity index (χ4v) is 5.54. The fourth-order valence-electron chi connectivity index (χ4n) is 4.99. The van der Waals surface area contributed by atoms with Gasteiger partial charge in [0.2, 0.25) is 0 Å². The van der Waals surface area contributed by atoms with Crippen molar-refractivity contribution in [3.8, 4) is 11.8 Å². The van der Waals surface area contributed by atoms with Gasteiger partial charge in [-0.05, 0) is 58.6 Å². The zero-order chi connectivity index (χ0) is 23.0. The summed E-state index contributed by atoms with van der Waals surface area (Å²) >= 11 is 9.53. The van der Waals surface area contributed by atoms with Crippen molar-refractivity contribution in [2.75, 3.05) is 0 Å². The van der Waals surface area contributed by atoms with Gasteiger partial charge in [0.1, 0.15) is 22.5 Å². The van der Waals surface area contributed by atoms with Crippen molar-refractivity contribution >= 4 is 33.3 Å². The summed E-state index contributed by atoms with van der Waals surface area (Å²) in [7, 11) is 0. The molecule has 3 rings (SSSR count).